The van der Waals surface area contributed by atoms with Gasteiger partial charge in [0.15, 0.2) is 0 Å². The minimum Gasteiger partial charge on any atom is -0.466 e. The van der Waals surface area contributed by atoms with Crippen molar-refractivity contribution in [2.75, 3.05) is 26.2 Å². The Morgan fingerprint density at radius 2 is 1.96 bits per heavy atom. The second-order valence-corrected chi connectivity index (χ2v) is 7.85. The SMILES string of the molecule is CCOC(=O)C1(CN)CCN(S(=O)(=O)c2ccccc2Cl)CC1. The zero-order chi connectivity index (χ0) is 17.1. The minimum absolute atomic E-state index is 0.0815. The molecule has 0 atom stereocenters. The van der Waals surface area contributed by atoms with Gasteiger partial charge >= 0.3 is 5.97 Å². The third-order valence-corrected chi connectivity index (χ3v) is 6.63. The molecule has 1 aliphatic rings. The number of hydrogen-bond acceptors (Lipinski definition) is 5. The van der Waals surface area contributed by atoms with Crippen molar-refractivity contribution in [3.63, 3.8) is 0 Å². The van der Waals surface area contributed by atoms with Crippen LogP contribution in [-0.2, 0) is 19.6 Å². The van der Waals surface area contributed by atoms with Crippen LogP contribution in [0.4, 0.5) is 0 Å². The fourth-order valence-corrected chi connectivity index (χ4v) is 4.66. The molecule has 0 aliphatic carbocycles. The molecule has 0 radical (unpaired) electrons. The first-order valence-corrected chi connectivity index (χ1v) is 9.31. The van der Waals surface area contributed by atoms with Gasteiger partial charge in [-0.05, 0) is 31.9 Å². The zero-order valence-electron chi connectivity index (χ0n) is 13.0. The molecule has 0 saturated carbocycles. The van der Waals surface area contributed by atoms with Gasteiger partial charge in [0.05, 0.1) is 17.0 Å². The third-order valence-electron chi connectivity index (χ3n) is 4.23. The zero-order valence-corrected chi connectivity index (χ0v) is 14.6. The summed E-state index contributed by atoms with van der Waals surface area (Å²) >= 11 is 6.00. The second kappa shape index (κ2) is 7.17. The maximum Gasteiger partial charge on any atom is 0.313 e. The topological polar surface area (TPSA) is 89.7 Å². The van der Waals surface area contributed by atoms with Gasteiger partial charge in [-0.2, -0.15) is 4.31 Å². The standard InChI is InChI=1S/C15H21ClN2O4S/c1-2-22-14(19)15(11-17)7-9-18(10-8-15)23(20,21)13-6-4-3-5-12(13)16/h3-6H,2,7-11,17H2,1H3. The van der Waals surface area contributed by atoms with Gasteiger partial charge in [0.25, 0.3) is 0 Å². The summed E-state index contributed by atoms with van der Waals surface area (Å²) in [6.45, 7) is 2.58. The van der Waals surface area contributed by atoms with Crippen LogP contribution in [0.25, 0.3) is 0 Å². The van der Waals surface area contributed by atoms with Crippen molar-refractivity contribution in [3.8, 4) is 0 Å². The number of carbonyl (C=O) groups excluding carboxylic acids is 1. The number of rotatable bonds is 5. The quantitative estimate of drug-likeness (QED) is 0.806. The number of benzene rings is 1. The Bertz CT molecular complexity index is 670. The number of nitrogens with zero attached hydrogens (tertiary/aromatic N) is 1. The summed E-state index contributed by atoms with van der Waals surface area (Å²) in [6, 6.07) is 6.33. The van der Waals surface area contributed by atoms with Gasteiger partial charge in [-0.15, -0.1) is 0 Å². The molecule has 1 heterocycles. The van der Waals surface area contributed by atoms with Gasteiger partial charge in [0.1, 0.15) is 4.90 Å². The van der Waals surface area contributed by atoms with Gasteiger partial charge < -0.3 is 10.5 Å². The molecule has 1 aliphatic heterocycles. The van der Waals surface area contributed by atoms with Gasteiger partial charge in [-0.25, -0.2) is 8.42 Å². The summed E-state index contributed by atoms with van der Waals surface area (Å²) in [5.41, 5.74) is 4.97. The lowest BCUT2D eigenvalue weighted by Crippen LogP contribution is -2.50. The van der Waals surface area contributed by atoms with Crippen LogP contribution in [0.2, 0.25) is 5.02 Å². The minimum atomic E-state index is -3.68. The number of sulfonamides is 1. The molecule has 128 valence electrons. The lowest BCUT2D eigenvalue weighted by molar-refractivity contribution is -0.157. The number of ether oxygens (including phenoxy) is 1. The third kappa shape index (κ3) is 3.52. The molecule has 1 aromatic carbocycles. The molecule has 1 aromatic rings. The maximum atomic E-state index is 12.7. The van der Waals surface area contributed by atoms with Crippen LogP contribution in [0, 0.1) is 5.41 Å². The van der Waals surface area contributed by atoms with Gasteiger partial charge in [-0.1, -0.05) is 23.7 Å². The maximum absolute atomic E-state index is 12.7. The Kier molecular flexibility index (Phi) is 5.67. The van der Waals surface area contributed by atoms with Crippen LogP contribution < -0.4 is 5.73 Å². The van der Waals surface area contributed by atoms with E-state index in [0.29, 0.717) is 12.8 Å². The van der Waals surface area contributed by atoms with E-state index in [2.05, 4.69) is 0 Å². The molecule has 8 heteroatoms. The van der Waals surface area contributed by atoms with Crippen molar-refractivity contribution in [1.29, 1.82) is 0 Å². The smallest absolute Gasteiger partial charge is 0.313 e. The van der Waals surface area contributed by atoms with E-state index in [1.165, 1.54) is 10.4 Å². The van der Waals surface area contributed by atoms with Crippen molar-refractivity contribution >= 4 is 27.6 Å². The van der Waals surface area contributed by atoms with E-state index in [9.17, 15) is 13.2 Å². The highest BCUT2D eigenvalue weighted by atomic mass is 35.5. The van der Waals surface area contributed by atoms with E-state index in [4.69, 9.17) is 22.1 Å². The number of esters is 1. The van der Waals surface area contributed by atoms with Crippen molar-refractivity contribution in [1.82, 2.24) is 4.31 Å². The van der Waals surface area contributed by atoms with Crippen LogP contribution in [0.15, 0.2) is 29.2 Å². The monoisotopic (exact) mass is 360 g/mol. The average Bonchev–Trinajstić information content (AvgIpc) is 2.55. The lowest BCUT2D eigenvalue weighted by atomic mass is 9.79. The van der Waals surface area contributed by atoms with Crippen molar-refractivity contribution < 1.29 is 17.9 Å². The lowest BCUT2D eigenvalue weighted by Gasteiger charge is -2.38. The van der Waals surface area contributed by atoms with Crippen LogP contribution in [0.1, 0.15) is 19.8 Å². The molecule has 0 spiro atoms. The largest absolute Gasteiger partial charge is 0.466 e. The Morgan fingerprint density at radius 3 is 2.48 bits per heavy atom. The molecule has 1 fully saturated rings. The number of carbonyl (C=O) groups is 1. The Hall–Kier alpha value is -1.15. The normalized spacial score (nSPS) is 18.6. The summed E-state index contributed by atoms with van der Waals surface area (Å²) < 4.78 is 31.8. The molecule has 2 N–H and O–H groups in total. The number of nitrogens with two attached hydrogens (primary N) is 1. The first kappa shape index (κ1) is 18.2. The Balaban J connectivity index is 2.18. The van der Waals surface area contributed by atoms with Gasteiger partial charge in [0, 0.05) is 19.6 Å². The summed E-state index contributed by atoms with van der Waals surface area (Å²) in [6.07, 6.45) is 0.679. The number of halogens is 1. The first-order chi connectivity index (χ1) is 10.9. The van der Waals surface area contributed by atoms with Gasteiger partial charge in [0.2, 0.25) is 10.0 Å². The van der Waals surface area contributed by atoms with Crippen LogP contribution in [-0.4, -0.2) is 44.9 Å². The van der Waals surface area contributed by atoms with E-state index >= 15 is 0 Å². The predicted molar refractivity (Wildman–Crippen MR) is 87.6 cm³/mol. The highest BCUT2D eigenvalue weighted by Crippen LogP contribution is 2.35. The molecule has 23 heavy (non-hydrogen) atoms. The molecule has 1 saturated heterocycles. The molecule has 2 rings (SSSR count). The Morgan fingerprint density at radius 1 is 1.35 bits per heavy atom. The number of piperidine rings is 1. The van der Waals surface area contributed by atoms with Crippen molar-refractivity contribution in [2.45, 2.75) is 24.7 Å². The summed E-state index contributed by atoms with van der Waals surface area (Å²) in [5.74, 6) is -0.350. The highest BCUT2D eigenvalue weighted by molar-refractivity contribution is 7.89. The van der Waals surface area contributed by atoms with Crippen molar-refractivity contribution in [3.05, 3.63) is 29.3 Å². The van der Waals surface area contributed by atoms with Crippen LogP contribution in [0.3, 0.4) is 0 Å². The highest BCUT2D eigenvalue weighted by Gasteiger charge is 2.44. The molecule has 0 bridgehead atoms. The van der Waals surface area contributed by atoms with E-state index in [1.54, 1.807) is 25.1 Å². The summed E-state index contributed by atoms with van der Waals surface area (Å²) in [4.78, 5) is 12.2. The molecular weight excluding hydrogens is 340 g/mol. The fraction of sp³-hybridized carbons (Fsp3) is 0.533. The molecule has 6 nitrogen and oxygen atoms in total. The predicted octanol–water partition coefficient (Wildman–Crippen LogP) is 1.63. The molecule has 0 amide bonds. The van der Waals surface area contributed by atoms with Crippen molar-refractivity contribution in [2.24, 2.45) is 11.1 Å². The number of hydrogen-bond donors (Lipinski definition) is 1. The second-order valence-electron chi connectivity index (χ2n) is 5.54. The molecule has 0 unspecified atom stereocenters. The molecule has 0 aromatic heterocycles. The van der Waals surface area contributed by atoms with E-state index in [-0.39, 0.29) is 42.1 Å². The fourth-order valence-electron chi connectivity index (χ4n) is 2.72. The van der Waals surface area contributed by atoms with E-state index in [1.807, 2.05) is 0 Å². The van der Waals surface area contributed by atoms with Gasteiger partial charge in [-0.3, -0.25) is 4.79 Å². The van der Waals surface area contributed by atoms with E-state index < -0.39 is 15.4 Å². The molecular formula is C15H21ClN2O4S. The summed E-state index contributed by atoms with van der Waals surface area (Å²) in [5, 5.41) is 0.188. The summed E-state index contributed by atoms with van der Waals surface area (Å²) in [7, 11) is -3.68. The Labute approximate surface area is 141 Å². The first-order valence-electron chi connectivity index (χ1n) is 7.49. The average molecular weight is 361 g/mol. The van der Waals surface area contributed by atoms with E-state index in [0.717, 1.165) is 0 Å². The van der Waals surface area contributed by atoms with Crippen LogP contribution in [0.5, 0.6) is 0 Å². The van der Waals surface area contributed by atoms with Crippen LogP contribution >= 0.6 is 11.6 Å².